The van der Waals surface area contributed by atoms with Gasteiger partial charge in [0.1, 0.15) is 5.69 Å². The van der Waals surface area contributed by atoms with Crippen molar-refractivity contribution in [2.45, 2.75) is 31.4 Å². The normalized spacial score (nSPS) is 16.6. The average molecular weight is 503 g/mol. The van der Waals surface area contributed by atoms with Crippen LogP contribution in [0.4, 0.5) is 13.9 Å². The molecule has 0 radical (unpaired) electrons. The summed E-state index contributed by atoms with van der Waals surface area (Å²) in [5.74, 6) is -0.767. The van der Waals surface area contributed by atoms with Gasteiger partial charge in [-0.15, -0.1) is 21.5 Å². The number of nitrogens with zero attached hydrogens (tertiary/aromatic N) is 4. The molecule has 1 fully saturated rings. The van der Waals surface area contributed by atoms with E-state index in [1.54, 1.807) is 30.5 Å². The fourth-order valence-corrected chi connectivity index (χ4v) is 6.79. The average Bonchev–Trinajstić information content (AvgIpc) is 3.44. The van der Waals surface area contributed by atoms with Crippen molar-refractivity contribution in [2.75, 3.05) is 23.7 Å². The van der Waals surface area contributed by atoms with Gasteiger partial charge >= 0.3 is 6.43 Å². The summed E-state index contributed by atoms with van der Waals surface area (Å²) in [4.78, 5) is 6.51. The molecule has 172 valence electrons. The van der Waals surface area contributed by atoms with Gasteiger partial charge in [-0.25, -0.2) is 13.4 Å². The molecule has 0 amide bonds. The highest BCUT2D eigenvalue weighted by Crippen LogP contribution is 2.39. The number of hydrogen-bond donors (Lipinski definition) is 0. The molecule has 0 bridgehead atoms. The van der Waals surface area contributed by atoms with Crippen LogP contribution in [0.1, 0.15) is 42.9 Å². The van der Waals surface area contributed by atoms with Gasteiger partial charge in [0.05, 0.1) is 5.25 Å². The molecule has 0 N–H and O–H groups in total. The second kappa shape index (κ2) is 9.40. The van der Waals surface area contributed by atoms with E-state index in [0.717, 1.165) is 5.56 Å². The van der Waals surface area contributed by atoms with Crippen LogP contribution in [0.5, 0.6) is 0 Å². The molecule has 32 heavy (non-hydrogen) atoms. The summed E-state index contributed by atoms with van der Waals surface area (Å²) >= 11 is 7.48. The summed E-state index contributed by atoms with van der Waals surface area (Å²) in [5.41, 5.74) is 1.07. The molecule has 1 aromatic carbocycles. The van der Waals surface area contributed by atoms with E-state index in [0.29, 0.717) is 41.8 Å². The minimum Gasteiger partial charge on any atom is -0.414 e. The summed E-state index contributed by atoms with van der Waals surface area (Å²) in [5, 5.41) is 9.25. The van der Waals surface area contributed by atoms with Gasteiger partial charge < -0.3 is 9.32 Å². The third-order valence-electron chi connectivity index (χ3n) is 5.54. The molecular weight excluding hydrogens is 482 g/mol. The second-order valence-corrected chi connectivity index (χ2v) is 11.2. The van der Waals surface area contributed by atoms with Crippen molar-refractivity contribution >= 4 is 37.9 Å². The molecule has 0 saturated carbocycles. The van der Waals surface area contributed by atoms with E-state index in [-0.39, 0.29) is 17.6 Å². The lowest BCUT2D eigenvalue weighted by Crippen LogP contribution is -2.37. The number of hydrogen-bond acceptors (Lipinski definition) is 8. The Hall–Kier alpha value is -2.11. The molecule has 7 nitrogen and oxygen atoms in total. The zero-order chi connectivity index (χ0) is 22.9. The van der Waals surface area contributed by atoms with E-state index < -0.39 is 27.4 Å². The lowest BCUT2D eigenvalue weighted by Gasteiger charge is -2.36. The Kier molecular flexibility index (Phi) is 6.78. The van der Waals surface area contributed by atoms with Crippen LogP contribution in [0.2, 0.25) is 5.02 Å². The maximum Gasteiger partial charge on any atom is 0.314 e. The Bertz CT molecular complexity index is 1180. The lowest BCUT2D eigenvalue weighted by atomic mass is 9.89. The van der Waals surface area contributed by atoms with Gasteiger partial charge in [0.15, 0.2) is 15.0 Å². The van der Waals surface area contributed by atoms with Crippen molar-refractivity contribution in [2.24, 2.45) is 5.92 Å². The van der Waals surface area contributed by atoms with Crippen LogP contribution in [0.25, 0.3) is 11.6 Å². The SMILES string of the molecule is CCS(=O)(=O)C(c1cccc(Cl)c1)C1CCN(c2nc(-c3nnc(C(F)F)o3)cs2)CC1. The molecule has 1 unspecified atom stereocenters. The minimum atomic E-state index is -3.33. The smallest absolute Gasteiger partial charge is 0.314 e. The van der Waals surface area contributed by atoms with Crippen molar-refractivity contribution < 1.29 is 21.6 Å². The molecule has 12 heteroatoms. The maximum atomic E-state index is 12.9. The molecule has 0 spiro atoms. The van der Waals surface area contributed by atoms with Gasteiger partial charge in [0, 0.05) is 29.2 Å². The first-order valence-corrected chi connectivity index (χ1v) is 13.0. The molecule has 1 saturated heterocycles. The second-order valence-electron chi connectivity index (χ2n) is 7.51. The number of alkyl halides is 2. The van der Waals surface area contributed by atoms with Crippen LogP contribution in [0, 0.1) is 5.92 Å². The number of aromatic nitrogens is 3. The van der Waals surface area contributed by atoms with E-state index in [4.69, 9.17) is 16.0 Å². The Balaban J connectivity index is 1.49. The van der Waals surface area contributed by atoms with E-state index in [1.165, 1.54) is 11.3 Å². The Morgan fingerprint density at radius 1 is 1.28 bits per heavy atom. The lowest BCUT2D eigenvalue weighted by molar-refractivity contribution is 0.116. The van der Waals surface area contributed by atoms with Crippen LogP contribution in [0.3, 0.4) is 0 Å². The Morgan fingerprint density at radius 3 is 2.66 bits per heavy atom. The predicted molar refractivity (Wildman–Crippen MR) is 119 cm³/mol. The first-order valence-electron chi connectivity index (χ1n) is 10.1. The topological polar surface area (TPSA) is 89.2 Å². The van der Waals surface area contributed by atoms with Crippen LogP contribution in [-0.4, -0.2) is 42.4 Å². The first-order chi connectivity index (χ1) is 15.3. The summed E-state index contributed by atoms with van der Waals surface area (Å²) < 4.78 is 56.2. The summed E-state index contributed by atoms with van der Waals surface area (Å²) in [7, 11) is -3.33. The molecule has 2 aromatic heterocycles. The van der Waals surface area contributed by atoms with Crippen molar-refractivity contribution in [3.8, 4) is 11.6 Å². The number of piperidine rings is 1. The molecule has 1 aliphatic rings. The van der Waals surface area contributed by atoms with Crippen molar-refractivity contribution in [3.05, 3.63) is 46.1 Å². The minimum absolute atomic E-state index is 0.0429. The third-order valence-corrected chi connectivity index (χ3v) is 8.92. The molecule has 3 aromatic rings. The van der Waals surface area contributed by atoms with Gasteiger partial charge in [-0.05, 0) is 36.5 Å². The Morgan fingerprint density at radius 2 is 2.03 bits per heavy atom. The van der Waals surface area contributed by atoms with Gasteiger partial charge in [-0.1, -0.05) is 30.7 Å². The third kappa shape index (κ3) is 4.79. The molecular formula is C20H21ClF2N4O3S2. The maximum absolute atomic E-state index is 12.9. The van der Waals surface area contributed by atoms with Gasteiger partial charge in [0.25, 0.3) is 11.8 Å². The van der Waals surface area contributed by atoms with Crippen molar-refractivity contribution in [1.29, 1.82) is 0 Å². The monoisotopic (exact) mass is 502 g/mol. The van der Waals surface area contributed by atoms with Gasteiger partial charge in [-0.3, -0.25) is 0 Å². The van der Waals surface area contributed by atoms with Gasteiger partial charge in [0.2, 0.25) is 0 Å². The van der Waals surface area contributed by atoms with E-state index in [1.807, 2.05) is 6.07 Å². The van der Waals surface area contributed by atoms with Crippen LogP contribution in [-0.2, 0) is 9.84 Å². The zero-order valence-corrected chi connectivity index (χ0v) is 19.5. The number of anilines is 1. The highest BCUT2D eigenvalue weighted by molar-refractivity contribution is 7.91. The fraction of sp³-hybridized carbons (Fsp3) is 0.450. The summed E-state index contributed by atoms with van der Waals surface area (Å²) in [6.07, 6.45) is -1.50. The number of rotatable bonds is 7. The molecule has 3 heterocycles. The highest BCUT2D eigenvalue weighted by Gasteiger charge is 2.36. The largest absolute Gasteiger partial charge is 0.414 e. The van der Waals surface area contributed by atoms with Crippen molar-refractivity contribution in [1.82, 2.24) is 15.2 Å². The van der Waals surface area contributed by atoms with Crippen molar-refractivity contribution in [3.63, 3.8) is 0 Å². The standard InChI is InChI=1S/C20H21ClF2N4O3S2/c1-2-32(28,29)16(13-4-3-5-14(21)10-13)12-6-8-27(9-7-12)20-24-15(11-31-20)18-25-26-19(30-18)17(22)23/h3-5,10-12,16-17H,2,6-9H2,1H3. The molecule has 1 aliphatic heterocycles. The fourth-order valence-electron chi connectivity index (χ4n) is 3.96. The molecule has 0 aliphatic carbocycles. The van der Waals surface area contributed by atoms with E-state index in [9.17, 15) is 17.2 Å². The molecule has 1 atom stereocenters. The highest BCUT2D eigenvalue weighted by atomic mass is 35.5. The number of halogens is 3. The summed E-state index contributed by atoms with van der Waals surface area (Å²) in [6.45, 7) is 2.91. The number of sulfone groups is 1. The van der Waals surface area contributed by atoms with E-state index >= 15 is 0 Å². The van der Waals surface area contributed by atoms with E-state index in [2.05, 4.69) is 20.1 Å². The zero-order valence-electron chi connectivity index (χ0n) is 17.1. The van der Waals surface area contributed by atoms with Crippen LogP contribution >= 0.6 is 22.9 Å². The molecule has 4 rings (SSSR count). The van der Waals surface area contributed by atoms with Gasteiger partial charge in [-0.2, -0.15) is 8.78 Å². The van der Waals surface area contributed by atoms with Crippen LogP contribution < -0.4 is 4.90 Å². The Labute approximate surface area is 193 Å². The predicted octanol–water partition coefficient (Wildman–Crippen LogP) is 5.18. The quantitative estimate of drug-likeness (QED) is 0.440. The van der Waals surface area contributed by atoms with Crippen LogP contribution in [0.15, 0.2) is 34.1 Å². The number of thiazole rings is 1. The number of benzene rings is 1. The summed E-state index contributed by atoms with van der Waals surface area (Å²) in [6, 6.07) is 7.06. The first kappa shape index (κ1) is 23.1.